The molecule has 102 valence electrons. The molecule has 0 spiro atoms. The summed E-state index contributed by atoms with van der Waals surface area (Å²) in [5.41, 5.74) is 1.47. The van der Waals surface area contributed by atoms with Crippen LogP contribution in [0.4, 0.5) is 0 Å². The van der Waals surface area contributed by atoms with Crippen molar-refractivity contribution >= 4 is 33.3 Å². The first-order valence-electron chi connectivity index (χ1n) is 6.35. The van der Waals surface area contributed by atoms with Gasteiger partial charge in [0, 0.05) is 18.1 Å². The van der Waals surface area contributed by atoms with Crippen LogP contribution in [-0.2, 0) is 6.54 Å². The maximum Gasteiger partial charge on any atom is 0.259 e. The quantitative estimate of drug-likeness (QED) is 0.699. The molecule has 0 radical (unpaired) electrons. The second-order valence-corrected chi connectivity index (χ2v) is 5.10. The van der Waals surface area contributed by atoms with Crippen molar-refractivity contribution in [1.82, 2.24) is 9.55 Å². The van der Waals surface area contributed by atoms with Crippen LogP contribution in [0.3, 0.4) is 0 Å². The predicted octanol–water partition coefficient (Wildman–Crippen LogP) is 3.24. The highest BCUT2D eigenvalue weighted by atomic mass is 35.5. The minimum atomic E-state index is -0.141. The summed E-state index contributed by atoms with van der Waals surface area (Å²) in [5, 5.41) is 12.1. The van der Waals surface area contributed by atoms with E-state index in [0.717, 1.165) is 22.0 Å². The van der Waals surface area contributed by atoms with Gasteiger partial charge in [-0.3, -0.25) is 9.78 Å². The van der Waals surface area contributed by atoms with E-state index in [0.29, 0.717) is 11.9 Å². The minimum Gasteiger partial charge on any atom is -0.506 e. The summed E-state index contributed by atoms with van der Waals surface area (Å²) in [6, 6.07) is 4.93. The number of rotatable bonds is 1. The molecule has 0 amide bonds. The molecule has 1 aromatic carbocycles. The topological polar surface area (TPSA) is 55.1 Å². The maximum atomic E-state index is 12.6. The van der Waals surface area contributed by atoms with Gasteiger partial charge in [0.25, 0.3) is 5.56 Å². The van der Waals surface area contributed by atoms with Gasteiger partial charge in [0.2, 0.25) is 0 Å². The Kier molecular flexibility index (Phi) is 2.91. The third-order valence-electron chi connectivity index (χ3n) is 3.55. The number of pyridine rings is 2. The number of fused-ring (bicyclic) bond motifs is 3. The number of phenols is 1. The van der Waals surface area contributed by atoms with Crippen molar-refractivity contribution in [2.45, 2.75) is 20.4 Å². The standard InChI is InChI=1S/C15H13ClN2O2/c1-3-18-14-8(2)17-5-4-9(14)10-6-12(16)13(19)7-11(10)15(18)20/h4-7,19H,3H2,1-2H3. The number of halogens is 1. The number of aryl methyl sites for hydroxylation is 2. The zero-order valence-corrected chi connectivity index (χ0v) is 11.9. The van der Waals surface area contributed by atoms with E-state index in [-0.39, 0.29) is 16.3 Å². The molecule has 0 unspecified atom stereocenters. The molecule has 0 atom stereocenters. The largest absolute Gasteiger partial charge is 0.506 e. The summed E-state index contributed by atoms with van der Waals surface area (Å²) < 4.78 is 1.67. The SMILES string of the molecule is CCn1c(=O)c2cc(O)c(Cl)cc2c2ccnc(C)c21. The molecule has 2 heterocycles. The van der Waals surface area contributed by atoms with Gasteiger partial charge in [-0.1, -0.05) is 11.6 Å². The van der Waals surface area contributed by atoms with E-state index in [1.807, 2.05) is 19.9 Å². The van der Waals surface area contributed by atoms with Gasteiger partial charge in [-0.25, -0.2) is 0 Å². The van der Waals surface area contributed by atoms with Gasteiger partial charge in [-0.2, -0.15) is 0 Å². The Morgan fingerprint density at radius 3 is 2.75 bits per heavy atom. The van der Waals surface area contributed by atoms with Gasteiger partial charge < -0.3 is 9.67 Å². The molecule has 1 N–H and O–H groups in total. The average Bonchev–Trinajstić information content (AvgIpc) is 2.42. The summed E-state index contributed by atoms with van der Waals surface area (Å²) in [7, 11) is 0. The Morgan fingerprint density at radius 1 is 1.30 bits per heavy atom. The van der Waals surface area contributed by atoms with Crippen LogP contribution in [-0.4, -0.2) is 14.7 Å². The molecule has 0 aliphatic carbocycles. The summed E-state index contributed by atoms with van der Waals surface area (Å²) in [4.78, 5) is 16.8. The van der Waals surface area contributed by atoms with Gasteiger partial charge in [0.15, 0.2) is 0 Å². The molecule has 0 aliphatic heterocycles. The lowest BCUT2D eigenvalue weighted by atomic mass is 10.1. The predicted molar refractivity (Wildman–Crippen MR) is 80.6 cm³/mol. The fourth-order valence-electron chi connectivity index (χ4n) is 2.63. The smallest absolute Gasteiger partial charge is 0.259 e. The minimum absolute atomic E-state index is 0.0796. The molecule has 5 heteroatoms. The highest BCUT2D eigenvalue weighted by molar-refractivity contribution is 6.33. The van der Waals surface area contributed by atoms with Crippen molar-refractivity contribution in [3.63, 3.8) is 0 Å². The van der Waals surface area contributed by atoms with E-state index < -0.39 is 0 Å². The number of aromatic hydroxyl groups is 1. The van der Waals surface area contributed by atoms with Gasteiger partial charge in [-0.05, 0) is 37.4 Å². The normalized spacial score (nSPS) is 11.3. The fourth-order valence-corrected chi connectivity index (χ4v) is 2.79. The molecule has 0 bridgehead atoms. The van der Waals surface area contributed by atoms with Crippen LogP contribution in [0, 0.1) is 6.92 Å². The summed E-state index contributed by atoms with van der Waals surface area (Å²) in [6.45, 7) is 4.33. The van der Waals surface area contributed by atoms with Crippen LogP contribution in [0.25, 0.3) is 21.7 Å². The van der Waals surface area contributed by atoms with Crippen LogP contribution in [0.2, 0.25) is 5.02 Å². The number of benzene rings is 1. The van der Waals surface area contributed by atoms with Gasteiger partial charge in [0.1, 0.15) is 5.75 Å². The number of phenolic OH excluding ortho intramolecular Hbond substituents is 1. The molecule has 4 nitrogen and oxygen atoms in total. The lowest BCUT2D eigenvalue weighted by Crippen LogP contribution is -2.20. The van der Waals surface area contributed by atoms with Crippen molar-refractivity contribution < 1.29 is 5.11 Å². The molecule has 2 aromatic heterocycles. The van der Waals surface area contributed by atoms with Crippen molar-refractivity contribution in [1.29, 1.82) is 0 Å². The highest BCUT2D eigenvalue weighted by Crippen LogP contribution is 2.31. The molecule has 0 aliphatic rings. The highest BCUT2D eigenvalue weighted by Gasteiger charge is 2.14. The molecule has 3 aromatic rings. The number of aromatic nitrogens is 2. The molecule has 0 fully saturated rings. The number of hydrogen-bond acceptors (Lipinski definition) is 3. The molecule has 0 saturated heterocycles. The number of nitrogens with zero attached hydrogens (tertiary/aromatic N) is 2. The van der Waals surface area contributed by atoms with Crippen LogP contribution in [0.1, 0.15) is 12.6 Å². The third kappa shape index (κ3) is 1.68. The monoisotopic (exact) mass is 288 g/mol. The molecular formula is C15H13ClN2O2. The first-order valence-corrected chi connectivity index (χ1v) is 6.72. The van der Waals surface area contributed by atoms with E-state index in [1.165, 1.54) is 6.07 Å². The zero-order valence-electron chi connectivity index (χ0n) is 11.1. The van der Waals surface area contributed by atoms with E-state index in [4.69, 9.17) is 11.6 Å². The first kappa shape index (κ1) is 12.9. The molecule has 20 heavy (non-hydrogen) atoms. The van der Waals surface area contributed by atoms with E-state index in [1.54, 1.807) is 16.8 Å². The van der Waals surface area contributed by atoms with Crippen molar-refractivity contribution in [2.75, 3.05) is 0 Å². The Hall–Kier alpha value is -2.07. The van der Waals surface area contributed by atoms with E-state index in [2.05, 4.69) is 4.98 Å². The lowest BCUT2D eigenvalue weighted by Gasteiger charge is -2.13. The van der Waals surface area contributed by atoms with Crippen molar-refractivity contribution in [3.05, 3.63) is 45.5 Å². The Bertz CT molecular complexity index is 900. The Balaban J connectivity index is 2.70. The van der Waals surface area contributed by atoms with Crippen LogP contribution in [0.5, 0.6) is 5.75 Å². The second-order valence-electron chi connectivity index (χ2n) is 4.69. The average molecular weight is 289 g/mol. The lowest BCUT2D eigenvalue weighted by molar-refractivity contribution is 0.476. The maximum absolute atomic E-state index is 12.6. The summed E-state index contributed by atoms with van der Waals surface area (Å²) >= 11 is 5.98. The second kappa shape index (κ2) is 4.49. The van der Waals surface area contributed by atoms with Crippen molar-refractivity contribution in [3.8, 4) is 5.75 Å². The van der Waals surface area contributed by atoms with E-state index in [9.17, 15) is 9.90 Å². The Labute approximate surface area is 120 Å². The zero-order chi connectivity index (χ0) is 14.4. The van der Waals surface area contributed by atoms with Gasteiger partial charge in [-0.15, -0.1) is 0 Å². The van der Waals surface area contributed by atoms with Crippen LogP contribution in [0.15, 0.2) is 29.2 Å². The number of hydrogen-bond donors (Lipinski definition) is 1. The summed E-state index contributed by atoms with van der Waals surface area (Å²) in [6.07, 6.45) is 1.71. The van der Waals surface area contributed by atoms with Crippen LogP contribution < -0.4 is 5.56 Å². The first-order chi connectivity index (χ1) is 9.54. The third-order valence-corrected chi connectivity index (χ3v) is 3.85. The van der Waals surface area contributed by atoms with Gasteiger partial charge in [0.05, 0.1) is 21.6 Å². The van der Waals surface area contributed by atoms with Crippen LogP contribution >= 0.6 is 11.6 Å². The molecule has 3 rings (SSSR count). The molecule has 0 saturated carbocycles. The molecular weight excluding hydrogens is 276 g/mol. The summed E-state index contributed by atoms with van der Waals surface area (Å²) in [5.74, 6) is -0.0796. The van der Waals surface area contributed by atoms with Crippen molar-refractivity contribution in [2.24, 2.45) is 0 Å². The van der Waals surface area contributed by atoms with Gasteiger partial charge >= 0.3 is 0 Å². The Morgan fingerprint density at radius 2 is 2.05 bits per heavy atom. The fraction of sp³-hybridized carbons (Fsp3) is 0.200. The van der Waals surface area contributed by atoms with E-state index >= 15 is 0 Å².